The van der Waals surface area contributed by atoms with Gasteiger partial charge in [-0.1, -0.05) is 13.8 Å². The van der Waals surface area contributed by atoms with Crippen molar-refractivity contribution in [3.8, 4) is 0 Å². The lowest BCUT2D eigenvalue weighted by molar-refractivity contribution is 0.574. The van der Waals surface area contributed by atoms with E-state index in [1.54, 1.807) is 11.8 Å². The van der Waals surface area contributed by atoms with E-state index < -0.39 is 10.0 Å². The Bertz CT molecular complexity index is 458. The molecule has 0 aliphatic carbocycles. The summed E-state index contributed by atoms with van der Waals surface area (Å²) in [7, 11) is -3.50. The minimum Gasteiger partial charge on any atom is -0.313 e. The van der Waals surface area contributed by atoms with Crippen LogP contribution in [-0.2, 0) is 16.6 Å². The van der Waals surface area contributed by atoms with E-state index in [0.29, 0.717) is 18.7 Å². The van der Waals surface area contributed by atoms with Gasteiger partial charge < -0.3 is 5.32 Å². The van der Waals surface area contributed by atoms with Crippen LogP contribution >= 0.6 is 11.8 Å². The van der Waals surface area contributed by atoms with Crippen molar-refractivity contribution in [3.63, 3.8) is 0 Å². The highest BCUT2D eigenvalue weighted by atomic mass is 32.2. The van der Waals surface area contributed by atoms with Crippen molar-refractivity contribution in [2.24, 2.45) is 0 Å². The maximum Gasteiger partial charge on any atom is 0.257 e. The second-order valence-corrected chi connectivity index (χ2v) is 6.88. The van der Waals surface area contributed by atoms with Gasteiger partial charge >= 0.3 is 0 Å². The second kappa shape index (κ2) is 7.13. The molecule has 1 aromatic rings. The molecule has 0 saturated heterocycles. The monoisotopic (exact) mass is 292 g/mol. The van der Waals surface area contributed by atoms with Crippen molar-refractivity contribution in [1.29, 1.82) is 0 Å². The van der Waals surface area contributed by atoms with E-state index >= 15 is 0 Å². The lowest BCUT2D eigenvalue weighted by atomic mass is 10.3. The fourth-order valence-electron chi connectivity index (χ4n) is 1.30. The fourth-order valence-corrected chi connectivity index (χ4v) is 2.91. The van der Waals surface area contributed by atoms with Crippen molar-refractivity contribution in [2.75, 3.05) is 19.3 Å². The maximum absolute atomic E-state index is 12.1. The topological polar surface area (TPSA) is 86.9 Å². The molecule has 0 spiro atoms. The number of H-pyrrole nitrogens is 1. The Hall–Kier alpha value is -0.570. The van der Waals surface area contributed by atoms with Crippen LogP contribution in [0.3, 0.4) is 0 Å². The van der Waals surface area contributed by atoms with E-state index in [9.17, 15) is 8.42 Å². The van der Waals surface area contributed by atoms with Crippen LogP contribution in [0.2, 0.25) is 0 Å². The molecule has 104 valence electrons. The molecular formula is C10H20N4O2S2. The Kier molecular flexibility index (Phi) is 6.13. The van der Waals surface area contributed by atoms with Gasteiger partial charge in [0, 0.05) is 23.9 Å². The van der Waals surface area contributed by atoms with Crippen molar-refractivity contribution < 1.29 is 8.42 Å². The highest BCUT2D eigenvalue weighted by Crippen LogP contribution is 2.12. The summed E-state index contributed by atoms with van der Waals surface area (Å²) in [4.78, 5) is 0. The number of hydrogen-bond donors (Lipinski definition) is 3. The van der Waals surface area contributed by atoms with E-state index in [0.717, 1.165) is 6.54 Å². The first kappa shape index (κ1) is 15.5. The van der Waals surface area contributed by atoms with Crippen molar-refractivity contribution in [1.82, 2.24) is 20.2 Å². The molecule has 0 bridgehead atoms. The zero-order chi connectivity index (χ0) is 13.6. The Labute approximate surface area is 112 Å². The lowest BCUT2D eigenvalue weighted by Gasteiger charge is -2.10. The normalized spacial score (nSPS) is 13.7. The largest absolute Gasteiger partial charge is 0.313 e. The molecule has 0 aliphatic rings. The zero-order valence-corrected chi connectivity index (χ0v) is 12.5. The van der Waals surface area contributed by atoms with Crippen LogP contribution in [-0.4, -0.2) is 43.2 Å². The molecule has 8 heteroatoms. The maximum atomic E-state index is 12.1. The van der Waals surface area contributed by atoms with Gasteiger partial charge in [-0.2, -0.15) is 16.9 Å². The average Bonchev–Trinajstić information content (AvgIpc) is 2.82. The smallest absolute Gasteiger partial charge is 0.257 e. The molecule has 1 heterocycles. The molecule has 0 radical (unpaired) electrons. The van der Waals surface area contributed by atoms with Gasteiger partial charge in [-0.05, 0) is 12.8 Å². The molecule has 0 amide bonds. The number of aromatic amines is 1. The first-order chi connectivity index (χ1) is 8.51. The molecule has 0 aliphatic heterocycles. The van der Waals surface area contributed by atoms with Gasteiger partial charge in [0.05, 0.1) is 6.20 Å². The Morgan fingerprint density at radius 3 is 2.89 bits per heavy atom. The third kappa shape index (κ3) is 4.27. The highest BCUT2D eigenvalue weighted by Gasteiger charge is 2.20. The first-order valence-electron chi connectivity index (χ1n) is 5.76. The molecule has 3 N–H and O–H groups in total. The van der Waals surface area contributed by atoms with Crippen molar-refractivity contribution >= 4 is 21.8 Å². The lowest BCUT2D eigenvalue weighted by Crippen LogP contribution is -2.30. The van der Waals surface area contributed by atoms with Crippen LogP contribution < -0.4 is 10.0 Å². The summed E-state index contributed by atoms with van der Waals surface area (Å²) < 4.78 is 26.7. The summed E-state index contributed by atoms with van der Waals surface area (Å²) in [6, 6.07) is 0. The Balaban J connectivity index is 2.75. The average molecular weight is 292 g/mol. The predicted molar refractivity (Wildman–Crippen MR) is 74.1 cm³/mol. The van der Waals surface area contributed by atoms with Crippen molar-refractivity contribution in [3.05, 3.63) is 11.8 Å². The van der Waals surface area contributed by atoms with Crippen LogP contribution in [0.25, 0.3) is 0 Å². The minimum atomic E-state index is -3.50. The van der Waals surface area contributed by atoms with Gasteiger partial charge in [0.15, 0.2) is 5.03 Å². The Morgan fingerprint density at radius 1 is 1.56 bits per heavy atom. The summed E-state index contributed by atoms with van der Waals surface area (Å²) >= 11 is 1.62. The summed E-state index contributed by atoms with van der Waals surface area (Å²) in [5.74, 6) is 0. The standard InChI is InChI=1S/C10H20N4O2S2/c1-4-11-6-9-7-12-14-10(9)18(15,16)13-5-8(2)17-3/h7-8,11,13H,4-6H2,1-3H3,(H,12,14). The molecule has 18 heavy (non-hydrogen) atoms. The summed E-state index contributed by atoms with van der Waals surface area (Å²) in [5.41, 5.74) is 0.654. The quantitative estimate of drug-likeness (QED) is 0.651. The number of rotatable bonds is 8. The van der Waals surface area contributed by atoms with Crippen LogP contribution in [0.5, 0.6) is 0 Å². The number of sulfonamides is 1. The number of aromatic nitrogens is 2. The Morgan fingerprint density at radius 2 is 2.28 bits per heavy atom. The van der Waals surface area contributed by atoms with E-state index in [1.807, 2.05) is 20.1 Å². The number of thioether (sulfide) groups is 1. The van der Waals surface area contributed by atoms with Gasteiger partial charge in [0.25, 0.3) is 10.0 Å². The van der Waals surface area contributed by atoms with Crippen LogP contribution in [0.4, 0.5) is 0 Å². The SMILES string of the molecule is CCNCc1cn[nH]c1S(=O)(=O)NCC(C)SC. The van der Waals surface area contributed by atoms with Gasteiger partial charge in [-0.25, -0.2) is 13.1 Å². The zero-order valence-electron chi connectivity index (χ0n) is 10.9. The molecule has 6 nitrogen and oxygen atoms in total. The van der Waals surface area contributed by atoms with Gasteiger partial charge in [-0.3, -0.25) is 5.10 Å². The summed E-state index contributed by atoms with van der Waals surface area (Å²) in [5, 5.41) is 9.82. The summed E-state index contributed by atoms with van der Waals surface area (Å²) in [6.07, 6.45) is 3.49. The van der Waals surface area contributed by atoms with Crippen LogP contribution in [0, 0.1) is 0 Å². The predicted octanol–water partition coefficient (Wildman–Crippen LogP) is 0.549. The third-order valence-electron chi connectivity index (χ3n) is 2.48. The fraction of sp³-hybridized carbons (Fsp3) is 0.700. The first-order valence-corrected chi connectivity index (χ1v) is 8.53. The van der Waals surface area contributed by atoms with E-state index in [-0.39, 0.29) is 10.3 Å². The molecule has 0 fully saturated rings. The second-order valence-electron chi connectivity index (χ2n) is 3.90. The number of hydrogen-bond acceptors (Lipinski definition) is 5. The molecule has 1 rings (SSSR count). The van der Waals surface area contributed by atoms with E-state index in [4.69, 9.17) is 0 Å². The molecule has 0 saturated carbocycles. The minimum absolute atomic E-state index is 0.150. The van der Waals surface area contributed by atoms with Crippen LogP contribution in [0.1, 0.15) is 19.4 Å². The van der Waals surface area contributed by atoms with Gasteiger partial charge in [0.1, 0.15) is 0 Å². The van der Waals surface area contributed by atoms with E-state index in [2.05, 4.69) is 20.2 Å². The van der Waals surface area contributed by atoms with Crippen LogP contribution in [0.15, 0.2) is 11.2 Å². The molecule has 0 aromatic carbocycles. The number of nitrogens with zero attached hydrogens (tertiary/aromatic N) is 1. The van der Waals surface area contributed by atoms with Crippen molar-refractivity contribution in [2.45, 2.75) is 30.7 Å². The third-order valence-corrected chi connectivity index (χ3v) is 4.88. The molecule has 1 atom stereocenters. The van der Waals surface area contributed by atoms with E-state index in [1.165, 1.54) is 6.20 Å². The molecular weight excluding hydrogens is 272 g/mol. The van der Waals surface area contributed by atoms with Gasteiger partial charge in [-0.15, -0.1) is 0 Å². The highest BCUT2D eigenvalue weighted by molar-refractivity contribution is 7.99. The molecule has 1 aromatic heterocycles. The van der Waals surface area contributed by atoms with Gasteiger partial charge in [0.2, 0.25) is 0 Å². The number of nitrogens with one attached hydrogen (secondary N) is 3. The molecule has 1 unspecified atom stereocenters. The summed E-state index contributed by atoms with van der Waals surface area (Å²) in [6.45, 7) is 5.61.